The molecule has 0 unspecified atom stereocenters. The molecule has 0 aliphatic carbocycles. The summed E-state index contributed by atoms with van der Waals surface area (Å²) in [6.07, 6.45) is 0. The van der Waals surface area contributed by atoms with Crippen molar-refractivity contribution in [2.24, 2.45) is 0 Å². The predicted octanol–water partition coefficient (Wildman–Crippen LogP) is 2.16. The zero-order valence-electron chi connectivity index (χ0n) is 15.6. The van der Waals surface area contributed by atoms with Crippen LogP contribution in [0.1, 0.15) is 5.56 Å². The van der Waals surface area contributed by atoms with Crippen LogP contribution in [0.5, 0.6) is 0 Å². The third-order valence-electron chi connectivity index (χ3n) is 3.91. The van der Waals surface area contributed by atoms with Gasteiger partial charge in [0.2, 0.25) is 17.0 Å². The first-order valence-corrected chi connectivity index (χ1v) is 9.58. The molecule has 2 amide bonds. The Balaban J connectivity index is 1.52. The van der Waals surface area contributed by atoms with Crippen molar-refractivity contribution < 1.29 is 9.59 Å². The van der Waals surface area contributed by atoms with Gasteiger partial charge in [0.15, 0.2) is 0 Å². The van der Waals surface area contributed by atoms with E-state index in [1.165, 1.54) is 16.7 Å². The maximum atomic E-state index is 12.4. The predicted molar refractivity (Wildman–Crippen MR) is 107 cm³/mol. The number of nitrogens with one attached hydrogen (secondary N) is 1. The maximum absolute atomic E-state index is 12.4. The summed E-state index contributed by atoms with van der Waals surface area (Å²) in [5.41, 5.74) is 2.63. The summed E-state index contributed by atoms with van der Waals surface area (Å²) in [5.74, 6) is -0.313. The third-order valence-corrected chi connectivity index (χ3v) is 4.81. The van der Waals surface area contributed by atoms with Gasteiger partial charge in [-0.05, 0) is 41.6 Å². The minimum Gasteiger partial charge on any atom is -0.336 e. The Bertz CT molecular complexity index is 943. The van der Waals surface area contributed by atoms with E-state index in [1.54, 1.807) is 11.7 Å². The number of para-hydroxylation sites is 1. The Morgan fingerprint density at radius 1 is 1.11 bits per heavy atom. The van der Waals surface area contributed by atoms with Crippen molar-refractivity contribution in [2.45, 2.75) is 12.1 Å². The number of anilines is 1. The van der Waals surface area contributed by atoms with Crippen molar-refractivity contribution in [3.8, 4) is 5.69 Å². The summed E-state index contributed by atoms with van der Waals surface area (Å²) in [7, 11) is 1.60. The van der Waals surface area contributed by atoms with Crippen molar-refractivity contribution in [1.82, 2.24) is 25.1 Å². The first kappa shape index (κ1) is 19.6. The number of amides is 2. The zero-order valence-corrected chi connectivity index (χ0v) is 16.4. The molecule has 3 rings (SSSR count). The molecular formula is C19H20N6O2S. The minimum atomic E-state index is -0.251. The Morgan fingerprint density at radius 3 is 2.54 bits per heavy atom. The lowest BCUT2D eigenvalue weighted by atomic mass is 10.2. The van der Waals surface area contributed by atoms with Gasteiger partial charge in [-0.3, -0.25) is 9.59 Å². The molecule has 28 heavy (non-hydrogen) atoms. The van der Waals surface area contributed by atoms with Crippen LogP contribution in [0.15, 0.2) is 59.8 Å². The minimum absolute atomic E-state index is 0.0309. The van der Waals surface area contributed by atoms with Crippen molar-refractivity contribution >= 4 is 29.3 Å². The van der Waals surface area contributed by atoms with Crippen LogP contribution in [0.25, 0.3) is 5.69 Å². The second-order valence-electron chi connectivity index (χ2n) is 6.16. The number of hydrogen-bond acceptors (Lipinski definition) is 6. The molecule has 0 fully saturated rings. The van der Waals surface area contributed by atoms with Gasteiger partial charge in [-0.15, -0.1) is 5.10 Å². The molecule has 0 saturated carbocycles. The Morgan fingerprint density at radius 2 is 1.82 bits per heavy atom. The molecule has 0 saturated heterocycles. The van der Waals surface area contributed by atoms with Gasteiger partial charge in [0.05, 0.1) is 18.0 Å². The molecule has 1 N–H and O–H groups in total. The van der Waals surface area contributed by atoms with Crippen LogP contribution in [-0.2, 0) is 9.59 Å². The van der Waals surface area contributed by atoms with E-state index in [1.807, 2.05) is 61.5 Å². The lowest BCUT2D eigenvalue weighted by Gasteiger charge is -2.16. The highest BCUT2D eigenvalue weighted by Gasteiger charge is 2.16. The monoisotopic (exact) mass is 396 g/mol. The molecule has 2 aromatic carbocycles. The van der Waals surface area contributed by atoms with Gasteiger partial charge in [-0.2, -0.15) is 4.68 Å². The second-order valence-corrected chi connectivity index (χ2v) is 7.10. The van der Waals surface area contributed by atoms with Crippen LogP contribution in [0.4, 0.5) is 5.69 Å². The number of tetrazole rings is 1. The highest BCUT2D eigenvalue weighted by atomic mass is 32.2. The van der Waals surface area contributed by atoms with E-state index < -0.39 is 0 Å². The molecule has 0 aliphatic heterocycles. The quantitative estimate of drug-likeness (QED) is 0.615. The van der Waals surface area contributed by atoms with Gasteiger partial charge in [-0.25, -0.2) is 0 Å². The number of nitrogens with zero attached hydrogens (tertiary/aromatic N) is 5. The first-order valence-electron chi connectivity index (χ1n) is 8.60. The summed E-state index contributed by atoms with van der Waals surface area (Å²) < 4.78 is 1.57. The third kappa shape index (κ3) is 5.17. The highest BCUT2D eigenvalue weighted by molar-refractivity contribution is 7.99. The van der Waals surface area contributed by atoms with E-state index in [9.17, 15) is 9.59 Å². The maximum Gasteiger partial charge on any atom is 0.243 e. The van der Waals surface area contributed by atoms with Gasteiger partial charge >= 0.3 is 0 Å². The number of rotatable bonds is 7. The van der Waals surface area contributed by atoms with Gasteiger partial charge in [0, 0.05) is 12.7 Å². The summed E-state index contributed by atoms with van der Waals surface area (Å²) in [6.45, 7) is 1.95. The molecule has 9 heteroatoms. The van der Waals surface area contributed by atoms with Crippen LogP contribution in [0.2, 0.25) is 0 Å². The van der Waals surface area contributed by atoms with E-state index >= 15 is 0 Å². The normalized spacial score (nSPS) is 10.5. The van der Waals surface area contributed by atoms with Crippen LogP contribution >= 0.6 is 11.8 Å². The molecular weight excluding hydrogens is 376 g/mol. The molecule has 3 aromatic rings. The van der Waals surface area contributed by atoms with Crippen molar-refractivity contribution in [3.05, 3.63) is 60.2 Å². The fraction of sp³-hybridized carbons (Fsp3) is 0.211. The van der Waals surface area contributed by atoms with E-state index in [2.05, 4.69) is 20.8 Å². The fourth-order valence-corrected chi connectivity index (χ4v) is 3.21. The number of likely N-dealkylation sites (N-methyl/N-ethyl adjacent to an activating group) is 1. The van der Waals surface area contributed by atoms with E-state index in [0.717, 1.165) is 11.3 Å². The van der Waals surface area contributed by atoms with Crippen molar-refractivity contribution in [3.63, 3.8) is 0 Å². The molecule has 8 nitrogen and oxygen atoms in total. The number of aromatic nitrogens is 4. The van der Waals surface area contributed by atoms with Crippen molar-refractivity contribution in [2.75, 3.05) is 24.7 Å². The lowest BCUT2D eigenvalue weighted by Crippen LogP contribution is -2.36. The van der Waals surface area contributed by atoms with E-state index in [4.69, 9.17) is 0 Å². The summed E-state index contributed by atoms with van der Waals surface area (Å²) in [6, 6.07) is 16.9. The van der Waals surface area contributed by atoms with E-state index in [0.29, 0.717) is 10.8 Å². The zero-order chi connectivity index (χ0) is 19.9. The molecule has 0 bridgehead atoms. The second kappa shape index (κ2) is 9.14. The number of aryl methyl sites for hydroxylation is 1. The number of carbonyl (C=O) groups excluding carboxylic acids is 2. The van der Waals surface area contributed by atoms with Crippen LogP contribution in [0.3, 0.4) is 0 Å². The Labute approximate surface area is 166 Å². The lowest BCUT2D eigenvalue weighted by molar-refractivity contribution is -0.131. The van der Waals surface area contributed by atoms with Gasteiger partial charge in [-0.1, -0.05) is 47.7 Å². The molecule has 0 atom stereocenters. The topological polar surface area (TPSA) is 93.0 Å². The first-order chi connectivity index (χ1) is 13.5. The summed E-state index contributed by atoms with van der Waals surface area (Å²) >= 11 is 1.22. The number of hydrogen-bond donors (Lipinski definition) is 1. The standard InChI is InChI=1S/C19H20N6O2S/c1-14-8-10-15(11-9-14)20-17(26)12-24(2)18(27)13-28-19-21-22-23-25(19)16-6-4-3-5-7-16/h3-11H,12-13H2,1-2H3,(H,20,26). The molecule has 1 heterocycles. The Hall–Kier alpha value is -3.20. The molecule has 0 spiro atoms. The van der Waals surface area contributed by atoms with Crippen LogP contribution in [-0.4, -0.2) is 56.3 Å². The largest absolute Gasteiger partial charge is 0.336 e. The fourth-order valence-electron chi connectivity index (χ4n) is 2.38. The number of thioether (sulfide) groups is 1. The van der Waals surface area contributed by atoms with Gasteiger partial charge < -0.3 is 10.2 Å². The smallest absolute Gasteiger partial charge is 0.243 e. The highest BCUT2D eigenvalue weighted by Crippen LogP contribution is 2.18. The SMILES string of the molecule is Cc1ccc(NC(=O)CN(C)C(=O)CSc2nnnn2-c2ccccc2)cc1. The molecule has 0 radical (unpaired) electrons. The average Bonchev–Trinajstić information content (AvgIpc) is 3.17. The number of carbonyl (C=O) groups is 2. The van der Waals surface area contributed by atoms with Crippen LogP contribution in [0, 0.1) is 6.92 Å². The molecule has 0 aliphatic rings. The summed E-state index contributed by atoms with van der Waals surface area (Å²) in [5, 5.41) is 14.9. The van der Waals surface area contributed by atoms with Gasteiger partial charge in [0.1, 0.15) is 0 Å². The van der Waals surface area contributed by atoms with E-state index in [-0.39, 0.29) is 24.1 Å². The Kier molecular flexibility index (Phi) is 6.38. The van der Waals surface area contributed by atoms with Crippen LogP contribution < -0.4 is 5.32 Å². The molecule has 1 aromatic heterocycles. The van der Waals surface area contributed by atoms with Crippen molar-refractivity contribution in [1.29, 1.82) is 0 Å². The number of benzene rings is 2. The average molecular weight is 396 g/mol. The van der Waals surface area contributed by atoms with Gasteiger partial charge in [0.25, 0.3) is 0 Å². The molecule has 144 valence electrons. The summed E-state index contributed by atoms with van der Waals surface area (Å²) in [4.78, 5) is 25.9.